The molecule has 0 saturated carbocycles. The maximum absolute atomic E-state index is 8.97. The van der Waals surface area contributed by atoms with Crippen molar-refractivity contribution in [2.24, 2.45) is 0 Å². The van der Waals surface area contributed by atoms with E-state index in [1.807, 2.05) is 42.5 Å². The van der Waals surface area contributed by atoms with Crippen molar-refractivity contribution in [2.75, 3.05) is 0 Å². The number of benzene rings is 2. The molecule has 0 aliphatic carbocycles. The first-order valence-electron chi connectivity index (χ1n) is 5.60. The predicted molar refractivity (Wildman–Crippen MR) is 73.8 cm³/mol. The van der Waals surface area contributed by atoms with Gasteiger partial charge >= 0.3 is 0 Å². The standard InChI is InChI=1S/C15H12BrNO/c16-15-8-4-3-7-14(15)11-18-10-13-6-2-1-5-12(13)9-17/h1-8H,10-11H2. The van der Waals surface area contributed by atoms with Crippen LogP contribution in [-0.4, -0.2) is 0 Å². The molecule has 0 unspecified atom stereocenters. The molecule has 2 nitrogen and oxygen atoms in total. The number of nitrogens with zero attached hydrogens (tertiary/aromatic N) is 1. The Labute approximate surface area is 115 Å². The van der Waals surface area contributed by atoms with Crippen molar-refractivity contribution in [3.05, 3.63) is 69.7 Å². The molecule has 0 aliphatic heterocycles. The average molecular weight is 302 g/mol. The third-order valence-electron chi connectivity index (χ3n) is 2.61. The van der Waals surface area contributed by atoms with E-state index in [2.05, 4.69) is 22.0 Å². The summed E-state index contributed by atoms with van der Waals surface area (Å²) in [5, 5.41) is 8.97. The monoisotopic (exact) mass is 301 g/mol. The van der Waals surface area contributed by atoms with Gasteiger partial charge in [0.05, 0.1) is 24.8 Å². The number of hydrogen-bond acceptors (Lipinski definition) is 2. The normalized spacial score (nSPS) is 10.0. The summed E-state index contributed by atoms with van der Waals surface area (Å²) in [7, 11) is 0. The van der Waals surface area contributed by atoms with Crippen molar-refractivity contribution < 1.29 is 4.74 Å². The van der Waals surface area contributed by atoms with Crippen LogP contribution in [-0.2, 0) is 18.0 Å². The van der Waals surface area contributed by atoms with Crippen LogP contribution in [0.3, 0.4) is 0 Å². The summed E-state index contributed by atoms with van der Waals surface area (Å²) in [4.78, 5) is 0. The van der Waals surface area contributed by atoms with Crippen LogP contribution >= 0.6 is 15.9 Å². The summed E-state index contributed by atoms with van der Waals surface area (Å²) in [5.74, 6) is 0. The van der Waals surface area contributed by atoms with Crippen LogP contribution in [0.25, 0.3) is 0 Å². The zero-order chi connectivity index (χ0) is 12.8. The minimum atomic E-state index is 0.449. The van der Waals surface area contributed by atoms with Gasteiger partial charge < -0.3 is 4.74 Å². The lowest BCUT2D eigenvalue weighted by Gasteiger charge is -2.07. The molecule has 0 N–H and O–H groups in total. The molecule has 2 aromatic rings. The molecule has 0 aromatic heterocycles. The van der Waals surface area contributed by atoms with E-state index in [1.165, 1.54) is 0 Å². The smallest absolute Gasteiger partial charge is 0.0995 e. The highest BCUT2D eigenvalue weighted by Crippen LogP contribution is 2.17. The molecule has 0 amide bonds. The van der Waals surface area contributed by atoms with Gasteiger partial charge in [0, 0.05) is 4.47 Å². The molecule has 0 bridgehead atoms. The van der Waals surface area contributed by atoms with Crippen molar-refractivity contribution in [3.8, 4) is 6.07 Å². The molecule has 18 heavy (non-hydrogen) atoms. The molecule has 0 spiro atoms. The molecule has 90 valence electrons. The third-order valence-corrected chi connectivity index (χ3v) is 3.38. The minimum absolute atomic E-state index is 0.449. The van der Waals surface area contributed by atoms with Crippen molar-refractivity contribution >= 4 is 15.9 Å². The van der Waals surface area contributed by atoms with Gasteiger partial charge in [0.2, 0.25) is 0 Å². The highest BCUT2D eigenvalue weighted by molar-refractivity contribution is 9.10. The quantitative estimate of drug-likeness (QED) is 0.854. The first kappa shape index (κ1) is 12.8. The van der Waals surface area contributed by atoms with E-state index < -0.39 is 0 Å². The summed E-state index contributed by atoms with van der Waals surface area (Å²) in [6.45, 7) is 0.978. The van der Waals surface area contributed by atoms with Gasteiger partial charge in [0.25, 0.3) is 0 Å². The summed E-state index contributed by atoms with van der Waals surface area (Å²) < 4.78 is 6.69. The molecule has 0 saturated heterocycles. The van der Waals surface area contributed by atoms with E-state index >= 15 is 0 Å². The number of ether oxygens (including phenoxy) is 1. The molecular weight excluding hydrogens is 290 g/mol. The number of nitriles is 1. The van der Waals surface area contributed by atoms with Crippen LogP contribution in [0.5, 0.6) is 0 Å². The van der Waals surface area contributed by atoms with E-state index in [0.29, 0.717) is 18.8 Å². The van der Waals surface area contributed by atoms with Crippen LogP contribution in [0, 0.1) is 11.3 Å². The average Bonchev–Trinajstić information content (AvgIpc) is 2.41. The molecular formula is C15H12BrNO. The van der Waals surface area contributed by atoms with Crippen LogP contribution in [0.2, 0.25) is 0 Å². The van der Waals surface area contributed by atoms with Gasteiger partial charge in [-0.15, -0.1) is 0 Å². The van der Waals surface area contributed by atoms with Gasteiger partial charge in [0.1, 0.15) is 0 Å². The maximum Gasteiger partial charge on any atom is 0.0995 e. The van der Waals surface area contributed by atoms with Gasteiger partial charge in [-0.25, -0.2) is 0 Å². The van der Waals surface area contributed by atoms with Crippen LogP contribution < -0.4 is 0 Å². The van der Waals surface area contributed by atoms with Gasteiger partial charge in [-0.05, 0) is 23.3 Å². The lowest BCUT2D eigenvalue weighted by molar-refractivity contribution is 0.106. The lowest BCUT2D eigenvalue weighted by atomic mass is 10.1. The molecule has 0 fully saturated rings. The van der Waals surface area contributed by atoms with E-state index in [-0.39, 0.29) is 0 Å². The summed E-state index contributed by atoms with van der Waals surface area (Å²) in [6, 6.07) is 17.6. The summed E-state index contributed by atoms with van der Waals surface area (Å²) in [6.07, 6.45) is 0. The zero-order valence-corrected chi connectivity index (χ0v) is 11.4. The van der Waals surface area contributed by atoms with Crippen molar-refractivity contribution in [1.29, 1.82) is 5.26 Å². The fourth-order valence-electron chi connectivity index (χ4n) is 1.64. The van der Waals surface area contributed by atoms with Gasteiger partial charge in [-0.3, -0.25) is 0 Å². The largest absolute Gasteiger partial charge is 0.372 e. The van der Waals surface area contributed by atoms with Crippen molar-refractivity contribution in [2.45, 2.75) is 13.2 Å². The van der Waals surface area contributed by atoms with Crippen molar-refractivity contribution in [3.63, 3.8) is 0 Å². The topological polar surface area (TPSA) is 33.0 Å². The van der Waals surface area contributed by atoms with Crippen LogP contribution in [0.4, 0.5) is 0 Å². The Morgan fingerprint density at radius 1 is 0.944 bits per heavy atom. The van der Waals surface area contributed by atoms with Crippen LogP contribution in [0.1, 0.15) is 16.7 Å². The molecule has 2 aromatic carbocycles. The Bertz CT molecular complexity index is 575. The van der Waals surface area contributed by atoms with E-state index in [4.69, 9.17) is 10.00 Å². The first-order valence-corrected chi connectivity index (χ1v) is 6.39. The molecule has 3 heteroatoms. The maximum atomic E-state index is 8.97. The molecule has 2 rings (SSSR count). The highest BCUT2D eigenvalue weighted by Gasteiger charge is 2.02. The molecule has 0 aliphatic rings. The fourth-order valence-corrected chi connectivity index (χ4v) is 2.04. The molecule has 0 radical (unpaired) electrons. The minimum Gasteiger partial charge on any atom is -0.372 e. The van der Waals surface area contributed by atoms with E-state index in [0.717, 1.165) is 15.6 Å². The Balaban J connectivity index is 1.97. The zero-order valence-electron chi connectivity index (χ0n) is 9.77. The number of halogens is 1. The molecule has 0 atom stereocenters. The second-order valence-corrected chi connectivity index (χ2v) is 4.71. The predicted octanol–water partition coefficient (Wildman–Crippen LogP) is 4.04. The summed E-state index contributed by atoms with van der Waals surface area (Å²) in [5.41, 5.74) is 2.70. The Hall–Kier alpha value is -1.63. The van der Waals surface area contributed by atoms with Crippen LogP contribution in [0.15, 0.2) is 53.0 Å². The lowest BCUT2D eigenvalue weighted by Crippen LogP contribution is -1.97. The number of hydrogen-bond donors (Lipinski definition) is 0. The second kappa shape index (κ2) is 6.34. The van der Waals surface area contributed by atoms with E-state index in [1.54, 1.807) is 6.07 Å². The van der Waals surface area contributed by atoms with Gasteiger partial charge in [-0.1, -0.05) is 52.3 Å². The SMILES string of the molecule is N#Cc1ccccc1COCc1ccccc1Br. The van der Waals surface area contributed by atoms with Gasteiger partial charge in [-0.2, -0.15) is 5.26 Å². The van der Waals surface area contributed by atoms with E-state index in [9.17, 15) is 0 Å². The second-order valence-electron chi connectivity index (χ2n) is 3.85. The third kappa shape index (κ3) is 3.19. The Kier molecular flexibility index (Phi) is 4.52. The Morgan fingerprint density at radius 3 is 2.28 bits per heavy atom. The highest BCUT2D eigenvalue weighted by atomic mass is 79.9. The Morgan fingerprint density at radius 2 is 1.56 bits per heavy atom. The molecule has 0 heterocycles. The van der Waals surface area contributed by atoms with Crippen molar-refractivity contribution in [1.82, 2.24) is 0 Å². The first-order chi connectivity index (χ1) is 8.81. The number of rotatable bonds is 4. The fraction of sp³-hybridized carbons (Fsp3) is 0.133. The van der Waals surface area contributed by atoms with Gasteiger partial charge in [0.15, 0.2) is 0 Å². The summed E-state index contributed by atoms with van der Waals surface area (Å²) >= 11 is 3.48.